The highest BCUT2D eigenvalue weighted by molar-refractivity contribution is 6.00. The van der Waals surface area contributed by atoms with Crippen molar-refractivity contribution in [1.82, 2.24) is 14.8 Å². The van der Waals surface area contributed by atoms with Gasteiger partial charge in [-0.2, -0.15) is 0 Å². The zero-order chi connectivity index (χ0) is 23.6. The van der Waals surface area contributed by atoms with Crippen LogP contribution in [0.15, 0.2) is 30.3 Å². The van der Waals surface area contributed by atoms with Crippen LogP contribution >= 0.6 is 0 Å². The SMILES string of the molecule is Cc1[nH]c(C(=O)N2CCN(C(=O)C(C)(C)c3ccccc3)CC2)c(C)c1C(=O)OC(C)C. The number of nitrogens with zero attached hydrogens (tertiary/aromatic N) is 2. The number of esters is 1. The van der Waals surface area contributed by atoms with Gasteiger partial charge in [0, 0.05) is 31.9 Å². The molecule has 172 valence electrons. The van der Waals surface area contributed by atoms with Crippen LogP contribution in [-0.2, 0) is 14.9 Å². The lowest BCUT2D eigenvalue weighted by Crippen LogP contribution is -2.54. The van der Waals surface area contributed by atoms with E-state index >= 15 is 0 Å². The number of hydrogen-bond acceptors (Lipinski definition) is 4. The molecule has 1 fully saturated rings. The first-order chi connectivity index (χ1) is 15.0. The first-order valence-corrected chi connectivity index (χ1v) is 11.1. The Morgan fingerprint density at radius 1 is 0.969 bits per heavy atom. The Hall–Kier alpha value is -3.09. The van der Waals surface area contributed by atoms with Crippen molar-refractivity contribution in [2.24, 2.45) is 0 Å². The molecule has 7 heteroatoms. The van der Waals surface area contributed by atoms with E-state index in [9.17, 15) is 14.4 Å². The van der Waals surface area contributed by atoms with Gasteiger partial charge >= 0.3 is 5.97 Å². The summed E-state index contributed by atoms with van der Waals surface area (Å²) in [5.74, 6) is -0.533. The van der Waals surface area contributed by atoms with E-state index in [1.807, 2.05) is 49.1 Å². The molecule has 1 saturated heterocycles. The zero-order valence-electron chi connectivity index (χ0n) is 19.8. The summed E-state index contributed by atoms with van der Waals surface area (Å²) in [5, 5.41) is 0. The number of H-pyrrole nitrogens is 1. The molecule has 2 heterocycles. The fourth-order valence-electron chi connectivity index (χ4n) is 4.19. The van der Waals surface area contributed by atoms with Gasteiger partial charge in [-0.05, 0) is 52.7 Å². The average molecular weight is 440 g/mol. The molecule has 1 N–H and O–H groups in total. The van der Waals surface area contributed by atoms with E-state index in [-0.39, 0.29) is 17.9 Å². The molecule has 1 aliphatic rings. The van der Waals surface area contributed by atoms with Crippen LogP contribution in [0.4, 0.5) is 0 Å². The summed E-state index contributed by atoms with van der Waals surface area (Å²) in [6, 6.07) is 9.75. The normalized spacial score (nSPS) is 14.6. The third kappa shape index (κ3) is 4.56. The minimum atomic E-state index is -0.633. The first-order valence-electron chi connectivity index (χ1n) is 11.1. The predicted molar refractivity (Wildman–Crippen MR) is 123 cm³/mol. The maximum absolute atomic E-state index is 13.2. The molecule has 32 heavy (non-hydrogen) atoms. The maximum atomic E-state index is 13.2. The fraction of sp³-hybridized carbons (Fsp3) is 0.480. The smallest absolute Gasteiger partial charge is 0.340 e. The predicted octanol–water partition coefficient (Wildman–Crippen LogP) is 3.46. The standard InChI is InChI=1S/C25H33N3O4/c1-16(2)32-23(30)20-17(3)21(26-18(20)4)22(29)27-12-14-28(15-13-27)24(31)25(5,6)19-10-8-7-9-11-19/h7-11,16,26H,12-15H2,1-6H3. The number of rotatable bonds is 5. The molecule has 1 aromatic carbocycles. The molecule has 1 aliphatic heterocycles. The quantitative estimate of drug-likeness (QED) is 0.724. The van der Waals surface area contributed by atoms with E-state index in [2.05, 4.69) is 4.98 Å². The van der Waals surface area contributed by atoms with Crippen LogP contribution < -0.4 is 0 Å². The average Bonchev–Trinajstić information content (AvgIpc) is 3.06. The van der Waals surface area contributed by atoms with Crippen molar-refractivity contribution in [3.05, 3.63) is 58.4 Å². The van der Waals surface area contributed by atoms with Crippen molar-refractivity contribution < 1.29 is 19.1 Å². The fourth-order valence-corrected chi connectivity index (χ4v) is 4.19. The van der Waals surface area contributed by atoms with Crippen molar-refractivity contribution in [3.63, 3.8) is 0 Å². The van der Waals surface area contributed by atoms with Gasteiger partial charge in [0.25, 0.3) is 5.91 Å². The van der Waals surface area contributed by atoms with Gasteiger partial charge in [-0.15, -0.1) is 0 Å². The van der Waals surface area contributed by atoms with Gasteiger partial charge in [0.1, 0.15) is 5.69 Å². The van der Waals surface area contributed by atoms with Crippen LogP contribution in [0.5, 0.6) is 0 Å². The van der Waals surface area contributed by atoms with Gasteiger partial charge < -0.3 is 19.5 Å². The summed E-state index contributed by atoms with van der Waals surface area (Å²) in [5.41, 5.74) is 2.38. The number of aryl methyl sites for hydroxylation is 1. The number of carbonyl (C=O) groups is 3. The summed E-state index contributed by atoms with van der Waals surface area (Å²) in [6.07, 6.45) is -0.235. The molecule has 2 aromatic rings. The Labute approximate surface area is 189 Å². The lowest BCUT2D eigenvalue weighted by atomic mass is 9.83. The van der Waals surface area contributed by atoms with Crippen LogP contribution in [0.3, 0.4) is 0 Å². The van der Waals surface area contributed by atoms with Crippen molar-refractivity contribution in [2.75, 3.05) is 26.2 Å². The highest BCUT2D eigenvalue weighted by Gasteiger charge is 2.36. The molecular formula is C25H33N3O4. The molecule has 0 unspecified atom stereocenters. The van der Waals surface area contributed by atoms with Crippen LogP contribution in [0.1, 0.15) is 65.4 Å². The minimum absolute atomic E-state index is 0.0569. The molecular weight excluding hydrogens is 406 g/mol. The maximum Gasteiger partial charge on any atom is 0.340 e. The lowest BCUT2D eigenvalue weighted by molar-refractivity contribution is -0.137. The number of nitrogens with one attached hydrogen (secondary N) is 1. The molecule has 0 aliphatic carbocycles. The summed E-state index contributed by atoms with van der Waals surface area (Å²) in [6.45, 7) is 12.8. The Morgan fingerprint density at radius 2 is 1.53 bits per heavy atom. The molecule has 3 rings (SSSR count). The molecule has 0 radical (unpaired) electrons. The molecule has 0 atom stereocenters. The summed E-state index contributed by atoms with van der Waals surface area (Å²) < 4.78 is 5.32. The molecule has 2 amide bonds. The molecule has 1 aromatic heterocycles. The Balaban J connectivity index is 1.69. The van der Waals surface area contributed by atoms with Gasteiger partial charge in [-0.3, -0.25) is 9.59 Å². The third-order valence-electron chi connectivity index (χ3n) is 6.08. The minimum Gasteiger partial charge on any atom is -0.459 e. The number of aromatic amines is 1. The third-order valence-corrected chi connectivity index (χ3v) is 6.08. The lowest BCUT2D eigenvalue weighted by Gasteiger charge is -2.38. The van der Waals surface area contributed by atoms with Crippen LogP contribution in [0, 0.1) is 13.8 Å². The second-order valence-electron chi connectivity index (χ2n) is 9.15. The van der Waals surface area contributed by atoms with E-state index in [4.69, 9.17) is 4.74 Å². The van der Waals surface area contributed by atoms with Gasteiger partial charge in [-0.1, -0.05) is 30.3 Å². The molecule has 0 bridgehead atoms. The van der Waals surface area contributed by atoms with E-state index in [1.54, 1.807) is 32.6 Å². The first kappa shape index (κ1) is 23.6. The monoisotopic (exact) mass is 439 g/mol. The van der Waals surface area contributed by atoms with Crippen molar-refractivity contribution in [2.45, 2.75) is 53.1 Å². The number of hydrogen-bond donors (Lipinski definition) is 1. The van der Waals surface area contributed by atoms with Crippen LogP contribution in [0.2, 0.25) is 0 Å². The van der Waals surface area contributed by atoms with Crippen LogP contribution in [-0.4, -0.2) is 64.9 Å². The largest absolute Gasteiger partial charge is 0.459 e. The van der Waals surface area contributed by atoms with Gasteiger partial charge in [-0.25, -0.2) is 4.79 Å². The highest BCUT2D eigenvalue weighted by atomic mass is 16.5. The summed E-state index contributed by atoms with van der Waals surface area (Å²) in [7, 11) is 0. The van der Waals surface area contributed by atoms with Gasteiger partial charge in [0.05, 0.1) is 17.1 Å². The topological polar surface area (TPSA) is 82.7 Å². The molecule has 0 spiro atoms. The Bertz CT molecular complexity index is 1000. The highest BCUT2D eigenvalue weighted by Crippen LogP contribution is 2.27. The number of benzene rings is 1. The Kier molecular flexibility index (Phi) is 6.77. The zero-order valence-corrected chi connectivity index (χ0v) is 19.8. The summed E-state index contributed by atoms with van der Waals surface area (Å²) >= 11 is 0. The van der Waals surface area contributed by atoms with Crippen molar-refractivity contribution in [1.29, 1.82) is 0 Å². The van der Waals surface area contributed by atoms with Gasteiger partial charge in [0.15, 0.2) is 0 Å². The van der Waals surface area contributed by atoms with Gasteiger partial charge in [0.2, 0.25) is 5.91 Å². The number of piperazine rings is 1. The van der Waals surface area contributed by atoms with E-state index in [1.165, 1.54) is 0 Å². The number of carbonyl (C=O) groups excluding carboxylic acids is 3. The number of amides is 2. The second kappa shape index (κ2) is 9.18. The van der Waals surface area contributed by atoms with E-state index < -0.39 is 11.4 Å². The van der Waals surface area contributed by atoms with Crippen LogP contribution in [0.25, 0.3) is 0 Å². The second-order valence-corrected chi connectivity index (χ2v) is 9.15. The number of ether oxygens (including phenoxy) is 1. The number of aromatic nitrogens is 1. The van der Waals surface area contributed by atoms with E-state index in [0.717, 1.165) is 5.56 Å². The molecule has 0 saturated carbocycles. The van der Waals surface area contributed by atoms with Crippen molar-refractivity contribution in [3.8, 4) is 0 Å². The van der Waals surface area contributed by atoms with Crippen molar-refractivity contribution >= 4 is 17.8 Å². The molecule has 7 nitrogen and oxygen atoms in total. The summed E-state index contributed by atoms with van der Waals surface area (Å²) in [4.78, 5) is 45.4. The van der Waals surface area contributed by atoms with E-state index in [0.29, 0.717) is 48.7 Å². The Morgan fingerprint density at radius 3 is 2.09 bits per heavy atom.